The van der Waals surface area contributed by atoms with Crippen molar-refractivity contribution < 1.29 is 28.6 Å². The van der Waals surface area contributed by atoms with Gasteiger partial charge in [-0.25, -0.2) is 4.98 Å². The van der Waals surface area contributed by atoms with Crippen molar-refractivity contribution in [1.82, 2.24) is 14.5 Å². The average molecular weight is 528 g/mol. The highest BCUT2D eigenvalue weighted by Crippen LogP contribution is 2.42. The Kier molecular flexibility index (Phi) is 7.77. The van der Waals surface area contributed by atoms with Crippen LogP contribution in [0.4, 0.5) is 0 Å². The molecule has 0 bridgehead atoms. The molecule has 200 valence electrons. The van der Waals surface area contributed by atoms with Crippen LogP contribution in [0.5, 0.6) is 11.5 Å². The number of nitrogens with zero attached hydrogens (tertiary/aromatic N) is 3. The van der Waals surface area contributed by atoms with Crippen LogP contribution in [0.3, 0.4) is 0 Å². The molecule has 9 heteroatoms. The fourth-order valence-electron chi connectivity index (χ4n) is 4.66. The number of imidazole rings is 1. The number of amides is 1. The SMILES string of the molecule is CCOc1cc(C2C(C(=O)c3ccco3)=C(O)C(=O)N2CCCn2ccnc2)ccc1OCc1ccccc1. The first-order valence-corrected chi connectivity index (χ1v) is 12.8. The van der Waals surface area contributed by atoms with Gasteiger partial charge in [0.2, 0.25) is 5.78 Å². The standard InChI is InChI=1S/C30H29N3O6/c1-2-37-25-18-22(11-12-23(25)39-19-21-8-4-3-5-9-21)27-26(28(34)24-10-6-17-38-24)29(35)30(36)33(27)15-7-14-32-16-13-31-20-32/h3-6,8-13,16-18,20,27,35H,2,7,14-15,19H2,1H3. The van der Waals surface area contributed by atoms with E-state index >= 15 is 0 Å². The van der Waals surface area contributed by atoms with Crippen LogP contribution in [0.25, 0.3) is 0 Å². The number of hydrogen-bond donors (Lipinski definition) is 1. The van der Waals surface area contributed by atoms with E-state index in [1.165, 1.54) is 17.2 Å². The van der Waals surface area contributed by atoms with Gasteiger partial charge in [0, 0.05) is 25.5 Å². The average Bonchev–Trinajstić information content (AvgIpc) is 3.72. The number of aryl methyl sites for hydroxylation is 1. The van der Waals surface area contributed by atoms with Crippen LogP contribution in [-0.4, -0.2) is 44.4 Å². The van der Waals surface area contributed by atoms with E-state index in [1.807, 2.05) is 48.0 Å². The highest BCUT2D eigenvalue weighted by Gasteiger charge is 2.44. The van der Waals surface area contributed by atoms with Gasteiger partial charge in [-0.3, -0.25) is 9.59 Å². The molecular weight excluding hydrogens is 498 g/mol. The summed E-state index contributed by atoms with van der Waals surface area (Å²) in [5, 5.41) is 10.9. The van der Waals surface area contributed by atoms with Crippen LogP contribution in [0.15, 0.2) is 101 Å². The fraction of sp³-hybridized carbons (Fsp3) is 0.233. The van der Waals surface area contributed by atoms with Crippen molar-refractivity contribution in [1.29, 1.82) is 0 Å². The van der Waals surface area contributed by atoms with Gasteiger partial charge in [0.15, 0.2) is 23.0 Å². The monoisotopic (exact) mass is 527 g/mol. The lowest BCUT2D eigenvalue weighted by Crippen LogP contribution is -2.32. The highest BCUT2D eigenvalue weighted by molar-refractivity contribution is 6.15. The second kappa shape index (κ2) is 11.7. The number of benzene rings is 2. The molecule has 0 saturated carbocycles. The molecule has 1 N–H and O–H groups in total. The van der Waals surface area contributed by atoms with Gasteiger partial charge in [-0.2, -0.15) is 0 Å². The summed E-state index contributed by atoms with van der Waals surface area (Å²) in [7, 11) is 0. The van der Waals surface area contributed by atoms with Gasteiger partial charge in [0.05, 0.1) is 30.8 Å². The molecular formula is C30H29N3O6. The summed E-state index contributed by atoms with van der Waals surface area (Å²) < 4.78 is 19.2. The molecule has 1 aliphatic heterocycles. The second-order valence-corrected chi connectivity index (χ2v) is 9.04. The van der Waals surface area contributed by atoms with Gasteiger partial charge >= 0.3 is 0 Å². The van der Waals surface area contributed by atoms with Gasteiger partial charge in [-0.15, -0.1) is 0 Å². The van der Waals surface area contributed by atoms with E-state index in [0.717, 1.165) is 5.56 Å². The summed E-state index contributed by atoms with van der Waals surface area (Å²) in [6.45, 7) is 3.53. The van der Waals surface area contributed by atoms with Crippen LogP contribution < -0.4 is 9.47 Å². The maximum absolute atomic E-state index is 13.4. The van der Waals surface area contributed by atoms with Crippen LogP contribution in [-0.2, 0) is 17.9 Å². The summed E-state index contributed by atoms with van der Waals surface area (Å²) in [5.41, 5.74) is 1.59. The van der Waals surface area contributed by atoms with Crippen molar-refractivity contribution in [3.8, 4) is 11.5 Å². The molecule has 5 rings (SSSR count). The molecule has 0 saturated heterocycles. The third-order valence-corrected chi connectivity index (χ3v) is 6.49. The number of ketones is 1. The number of carbonyl (C=O) groups is 2. The molecule has 4 aromatic rings. The topological polar surface area (TPSA) is 107 Å². The van der Waals surface area contributed by atoms with Gasteiger partial charge in [0.25, 0.3) is 5.91 Å². The largest absolute Gasteiger partial charge is 0.503 e. The first kappa shape index (κ1) is 25.8. The first-order chi connectivity index (χ1) is 19.1. The Morgan fingerprint density at radius 3 is 2.62 bits per heavy atom. The van der Waals surface area contributed by atoms with E-state index < -0.39 is 23.5 Å². The molecule has 0 radical (unpaired) electrons. The molecule has 0 aliphatic carbocycles. The van der Waals surface area contributed by atoms with Crippen molar-refractivity contribution in [2.75, 3.05) is 13.2 Å². The molecule has 1 unspecified atom stereocenters. The minimum atomic E-state index is -0.833. The Hall–Kier alpha value is -4.79. The van der Waals surface area contributed by atoms with Crippen LogP contribution in [0, 0.1) is 0 Å². The van der Waals surface area contributed by atoms with Crippen LogP contribution in [0.2, 0.25) is 0 Å². The molecule has 1 aliphatic rings. The van der Waals surface area contributed by atoms with E-state index in [1.54, 1.807) is 36.8 Å². The number of aliphatic hydroxyl groups is 1. The van der Waals surface area contributed by atoms with E-state index in [0.29, 0.717) is 49.8 Å². The number of rotatable bonds is 12. The first-order valence-electron chi connectivity index (χ1n) is 12.8. The molecule has 1 atom stereocenters. The van der Waals surface area contributed by atoms with Gasteiger partial charge in [-0.05, 0) is 48.7 Å². The maximum atomic E-state index is 13.4. The number of ether oxygens (including phenoxy) is 2. The van der Waals surface area contributed by atoms with Crippen molar-refractivity contribution >= 4 is 11.7 Å². The van der Waals surface area contributed by atoms with E-state index in [9.17, 15) is 14.7 Å². The summed E-state index contributed by atoms with van der Waals surface area (Å²) >= 11 is 0. The van der Waals surface area contributed by atoms with Crippen LogP contribution >= 0.6 is 0 Å². The minimum absolute atomic E-state index is 0.0296. The predicted molar refractivity (Wildman–Crippen MR) is 142 cm³/mol. The lowest BCUT2D eigenvalue weighted by molar-refractivity contribution is -0.129. The molecule has 0 fully saturated rings. The highest BCUT2D eigenvalue weighted by atomic mass is 16.5. The Bertz CT molecular complexity index is 1450. The fourth-order valence-corrected chi connectivity index (χ4v) is 4.66. The predicted octanol–water partition coefficient (Wildman–Crippen LogP) is 5.12. The van der Waals surface area contributed by atoms with Gasteiger partial charge < -0.3 is 28.5 Å². The Balaban J connectivity index is 1.47. The summed E-state index contributed by atoms with van der Waals surface area (Å²) in [6.07, 6.45) is 7.20. The molecule has 1 amide bonds. The number of carbonyl (C=O) groups excluding carboxylic acids is 2. The van der Waals surface area contributed by atoms with E-state index in [2.05, 4.69) is 4.98 Å². The third-order valence-electron chi connectivity index (χ3n) is 6.49. The smallest absolute Gasteiger partial charge is 0.290 e. The van der Waals surface area contributed by atoms with Gasteiger partial charge in [-0.1, -0.05) is 36.4 Å². The summed E-state index contributed by atoms with van der Waals surface area (Å²) in [6, 6.07) is 17.4. The zero-order valence-electron chi connectivity index (χ0n) is 21.5. The molecule has 39 heavy (non-hydrogen) atoms. The number of aromatic nitrogens is 2. The number of furan rings is 1. The summed E-state index contributed by atoms with van der Waals surface area (Å²) in [5.74, 6) is -0.674. The van der Waals surface area contributed by atoms with Crippen molar-refractivity contribution in [2.24, 2.45) is 0 Å². The Labute approximate surface area is 225 Å². The van der Waals surface area contributed by atoms with Crippen molar-refractivity contribution in [2.45, 2.75) is 32.5 Å². The quantitative estimate of drug-likeness (QED) is 0.255. The van der Waals surface area contributed by atoms with E-state index in [-0.39, 0.29) is 11.3 Å². The van der Waals surface area contributed by atoms with Gasteiger partial charge in [0.1, 0.15) is 6.61 Å². The maximum Gasteiger partial charge on any atom is 0.290 e. The van der Waals surface area contributed by atoms with Crippen LogP contribution in [0.1, 0.15) is 41.1 Å². The summed E-state index contributed by atoms with van der Waals surface area (Å²) in [4.78, 5) is 32.3. The number of hydrogen-bond acceptors (Lipinski definition) is 7. The van der Waals surface area contributed by atoms with Crippen molar-refractivity contribution in [3.63, 3.8) is 0 Å². The zero-order chi connectivity index (χ0) is 27.2. The zero-order valence-corrected chi connectivity index (χ0v) is 21.5. The Morgan fingerprint density at radius 1 is 1.05 bits per heavy atom. The molecule has 9 nitrogen and oxygen atoms in total. The normalized spacial score (nSPS) is 15.2. The molecule has 0 spiro atoms. The number of Topliss-reactive ketones (excluding diaryl/α,β-unsaturated/α-hetero) is 1. The van der Waals surface area contributed by atoms with Crippen molar-refractivity contribution in [3.05, 3.63) is 114 Å². The second-order valence-electron chi connectivity index (χ2n) is 9.04. The lowest BCUT2D eigenvalue weighted by Gasteiger charge is -2.27. The Morgan fingerprint density at radius 2 is 1.90 bits per heavy atom. The minimum Gasteiger partial charge on any atom is -0.503 e. The lowest BCUT2D eigenvalue weighted by atomic mass is 9.94. The number of aliphatic hydroxyl groups excluding tert-OH is 1. The molecule has 3 heterocycles. The molecule has 2 aromatic carbocycles. The van der Waals surface area contributed by atoms with E-state index in [4.69, 9.17) is 13.9 Å². The third kappa shape index (κ3) is 5.57. The molecule has 2 aromatic heterocycles.